The van der Waals surface area contributed by atoms with Gasteiger partial charge >= 0.3 is 0 Å². The van der Waals surface area contributed by atoms with E-state index in [0.29, 0.717) is 12.1 Å². The van der Waals surface area contributed by atoms with Gasteiger partial charge in [-0.2, -0.15) is 5.10 Å². The topological polar surface area (TPSA) is 73.2 Å². The first-order valence-corrected chi connectivity index (χ1v) is 10.1. The third-order valence-electron chi connectivity index (χ3n) is 5.93. The van der Waals surface area contributed by atoms with E-state index in [0.717, 1.165) is 25.3 Å². The molecule has 160 valence electrons. The third kappa shape index (κ3) is 3.80. The van der Waals surface area contributed by atoms with Crippen molar-refractivity contribution >= 4 is 23.3 Å². The summed E-state index contributed by atoms with van der Waals surface area (Å²) in [6.45, 7) is 1.16. The van der Waals surface area contributed by atoms with Gasteiger partial charge in [-0.05, 0) is 49.8 Å². The number of aryl methyl sites for hydroxylation is 1. The number of hydrogen-bond donors (Lipinski definition) is 1. The van der Waals surface area contributed by atoms with E-state index < -0.39 is 12.0 Å². The number of benzene rings is 1. The van der Waals surface area contributed by atoms with Gasteiger partial charge in [0.15, 0.2) is 12.4 Å². The molecule has 1 atom stereocenters. The van der Waals surface area contributed by atoms with Gasteiger partial charge in [0.05, 0.1) is 10.7 Å². The number of ketones is 1. The Labute approximate surface area is 177 Å². The maximum absolute atomic E-state index is 13.4. The third-order valence-corrected chi connectivity index (χ3v) is 6.24. The quantitative estimate of drug-likeness (QED) is 0.635. The Bertz CT molecular complexity index is 1000. The summed E-state index contributed by atoms with van der Waals surface area (Å²) >= 11 is 5.62. The van der Waals surface area contributed by atoms with E-state index in [9.17, 15) is 18.4 Å². The van der Waals surface area contributed by atoms with Crippen LogP contribution in [-0.4, -0.2) is 33.6 Å². The largest absolute Gasteiger partial charge is 0.484 e. The molecule has 1 unspecified atom stereocenters. The molecule has 30 heavy (non-hydrogen) atoms. The number of alkyl halides is 1. The second-order valence-corrected chi connectivity index (χ2v) is 8.92. The number of rotatable bonds is 8. The van der Waals surface area contributed by atoms with Crippen LogP contribution in [0.4, 0.5) is 8.78 Å². The number of hydrogen-bond acceptors (Lipinski definition) is 4. The van der Waals surface area contributed by atoms with E-state index >= 15 is 0 Å². The molecule has 1 aromatic carbocycles. The number of amides is 1. The van der Waals surface area contributed by atoms with Crippen molar-refractivity contribution in [3.05, 3.63) is 46.5 Å². The van der Waals surface area contributed by atoms with Crippen molar-refractivity contribution in [1.82, 2.24) is 15.1 Å². The number of Topliss-reactive ketones (excluding diaryl/α,β-unsaturated/α-hetero) is 1. The molecule has 2 aromatic rings. The Balaban J connectivity index is 1.26. The van der Waals surface area contributed by atoms with Crippen LogP contribution in [0.25, 0.3) is 0 Å². The van der Waals surface area contributed by atoms with Crippen LogP contribution in [0.1, 0.15) is 55.0 Å². The fraction of sp³-hybridized carbons (Fsp3) is 0.476. The monoisotopic (exact) mass is 437 g/mol. The molecule has 2 bridgehead atoms. The summed E-state index contributed by atoms with van der Waals surface area (Å²) in [6, 6.07) is 5.50. The highest BCUT2D eigenvalue weighted by Gasteiger charge is 2.68. The number of aromatic nitrogens is 2. The highest BCUT2D eigenvalue weighted by molar-refractivity contribution is 6.30. The minimum atomic E-state index is -1.22. The number of halogens is 3. The molecule has 9 heteroatoms. The first-order chi connectivity index (χ1) is 14.1. The van der Waals surface area contributed by atoms with Crippen molar-refractivity contribution in [2.75, 3.05) is 6.61 Å². The molecule has 6 nitrogen and oxygen atoms in total. The Kier molecular flexibility index (Phi) is 5.08. The average molecular weight is 438 g/mol. The predicted octanol–water partition coefficient (Wildman–Crippen LogP) is 3.93. The van der Waals surface area contributed by atoms with Crippen LogP contribution in [0.2, 0.25) is 5.02 Å². The molecule has 1 aromatic heterocycles. The van der Waals surface area contributed by atoms with Crippen LogP contribution in [0, 0.1) is 11.2 Å². The lowest BCUT2D eigenvalue weighted by atomic mass is 9.38. The van der Waals surface area contributed by atoms with Crippen molar-refractivity contribution in [3.8, 4) is 5.75 Å². The van der Waals surface area contributed by atoms with Crippen LogP contribution in [0.3, 0.4) is 0 Å². The maximum Gasteiger partial charge on any atom is 0.258 e. The zero-order chi connectivity index (χ0) is 21.7. The van der Waals surface area contributed by atoms with E-state index in [-0.39, 0.29) is 45.7 Å². The van der Waals surface area contributed by atoms with E-state index in [2.05, 4.69) is 10.4 Å². The molecular formula is C21H22ClF2N3O3. The van der Waals surface area contributed by atoms with E-state index in [4.69, 9.17) is 16.3 Å². The lowest BCUT2D eigenvalue weighted by Crippen LogP contribution is -2.75. The summed E-state index contributed by atoms with van der Waals surface area (Å²) in [7, 11) is 1.63. The van der Waals surface area contributed by atoms with Gasteiger partial charge in [0.1, 0.15) is 23.4 Å². The molecule has 3 aliphatic carbocycles. The second kappa shape index (κ2) is 7.34. The average Bonchev–Trinajstić information content (AvgIpc) is 3.02. The molecule has 1 heterocycles. The van der Waals surface area contributed by atoms with Crippen LogP contribution in [0.5, 0.6) is 5.75 Å². The summed E-state index contributed by atoms with van der Waals surface area (Å²) in [4.78, 5) is 24.8. The minimum absolute atomic E-state index is 0.0120. The fourth-order valence-corrected chi connectivity index (χ4v) is 4.86. The van der Waals surface area contributed by atoms with Gasteiger partial charge in [0.25, 0.3) is 5.91 Å². The lowest BCUT2D eigenvalue weighted by Gasteiger charge is -2.70. The first-order valence-electron chi connectivity index (χ1n) is 9.71. The van der Waals surface area contributed by atoms with Crippen molar-refractivity contribution in [2.45, 2.75) is 44.3 Å². The molecule has 0 radical (unpaired) electrons. The minimum Gasteiger partial charge on any atom is -0.484 e. The van der Waals surface area contributed by atoms with Crippen LogP contribution >= 0.6 is 11.6 Å². The highest BCUT2D eigenvalue weighted by atomic mass is 35.5. The molecule has 1 amide bonds. The molecule has 0 saturated heterocycles. The molecule has 3 saturated carbocycles. The number of carbonyl (C=O) groups is 2. The normalized spacial score (nSPS) is 25.1. The molecule has 1 N–H and O–H groups in total. The van der Waals surface area contributed by atoms with Crippen molar-refractivity contribution in [2.24, 2.45) is 12.5 Å². The van der Waals surface area contributed by atoms with Gasteiger partial charge in [-0.1, -0.05) is 11.6 Å². The van der Waals surface area contributed by atoms with Gasteiger partial charge in [-0.15, -0.1) is 0 Å². The summed E-state index contributed by atoms with van der Waals surface area (Å²) in [5, 5.41) is 6.99. The summed E-state index contributed by atoms with van der Waals surface area (Å²) in [6.07, 6.45) is 1.29. The van der Waals surface area contributed by atoms with Crippen molar-refractivity contribution < 1.29 is 23.1 Å². The fourth-order valence-electron chi connectivity index (χ4n) is 4.74. The number of carbonyl (C=O) groups excluding carboxylic acids is 2. The Morgan fingerprint density at radius 3 is 2.63 bits per heavy atom. The lowest BCUT2D eigenvalue weighted by molar-refractivity contribution is -0.164. The molecule has 5 rings (SSSR count). The summed E-state index contributed by atoms with van der Waals surface area (Å²) < 4.78 is 33.6. The van der Waals surface area contributed by atoms with Crippen molar-refractivity contribution in [3.63, 3.8) is 0 Å². The smallest absolute Gasteiger partial charge is 0.258 e. The molecule has 3 aliphatic rings. The second-order valence-electron chi connectivity index (χ2n) is 8.52. The molecule has 3 fully saturated rings. The van der Waals surface area contributed by atoms with Gasteiger partial charge < -0.3 is 10.1 Å². The first kappa shape index (κ1) is 20.8. The maximum atomic E-state index is 13.4. The van der Waals surface area contributed by atoms with E-state index in [1.165, 1.54) is 29.8 Å². The zero-order valence-corrected chi connectivity index (χ0v) is 17.4. The summed E-state index contributed by atoms with van der Waals surface area (Å²) in [5.74, 6) is -0.741. The summed E-state index contributed by atoms with van der Waals surface area (Å²) in [5.41, 5.74) is 0.247. The van der Waals surface area contributed by atoms with Crippen LogP contribution < -0.4 is 10.1 Å². The highest BCUT2D eigenvalue weighted by Crippen LogP contribution is 2.69. The SMILES string of the molecule is CC(F)c1cc(C(=O)CC23CC(NC(=O)COc4ccc(Cl)c(F)c4)(C2)C3)n(C)n1. The molecular weight excluding hydrogens is 416 g/mol. The Morgan fingerprint density at radius 1 is 1.33 bits per heavy atom. The number of ether oxygens (including phenoxy) is 1. The Hall–Kier alpha value is -2.48. The molecule has 0 aliphatic heterocycles. The molecule has 0 spiro atoms. The standard InChI is InChI=1S/C21H22ClF2N3O3/c1-12(23)16-6-17(27(2)26-16)18(28)7-20-9-21(10-20,11-20)25-19(29)8-30-13-3-4-14(22)15(24)5-13/h3-6,12H,7-11H2,1-2H3,(H,25,29). The van der Waals surface area contributed by atoms with Gasteiger partial charge in [-0.3, -0.25) is 14.3 Å². The van der Waals surface area contributed by atoms with Crippen LogP contribution in [0.15, 0.2) is 24.3 Å². The van der Waals surface area contributed by atoms with Crippen LogP contribution in [-0.2, 0) is 11.8 Å². The number of nitrogens with zero attached hydrogens (tertiary/aromatic N) is 2. The predicted molar refractivity (Wildman–Crippen MR) is 106 cm³/mol. The van der Waals surface area contributed by atoms with Gasteiger partial charge in [-0.25, -0.2) is 8.78 Å². The van der Waals surface area contributed by atoms with E-state index in [1.54, 1.807) is 7.05 Å². The Morgan fingerprint density at radius 2 is 2.03 bits per heavy atom. The van der Waals surface area contributed by atoms with E-state index in [1.807, 2.05) is 0 Å². The van der Waals surface area contributed by atoms with Gasteiger partial charge in [0.2, 0.25) is 0 Å². The van der Waals surface area contributed by atoms with Crippen molar-refractivity contribution in [1.29, 1.82) is 0 Å². The van der Waals surface area contributed by atoms with Gasteiger partial charge in [0, 0.05) is 25.1 Å². The zero-order valence-electron chi connectivity index (χ0n) is 16.7. The number of nitrogens with one attached hydrogen (secondary N) is 1.